The number of benzene rings is 2. The summed E-state index contributed by atoms with van der Waals surface area (Å²) in [6, 6.07) is 9.80. The zero-order valence-corrected chi connectivity index (χ0v) is 17.9. The van der Waals surface area contributed by atoms with Gasteiger partial charge in [-0.1, -0.05) is 12.1 Å². The fourth-order valence-corrected chi connectivity index (χ4v) is 4.85. The quantitative estimate of drug-likeness (QED) is 0.627. The first kappa shape index (κ1) is 21.3. The number of halogens is 1. The molecule has 164 valence electrons. The molecule has 2 aromatic carbocycles. The molecule has 0 aliphatic heterocycles. The molecule has 4 rings (SSSR count). The van der Waals surface area contributed by atoms with Crippen molar-refractivity contribution in [2.75, 3.05) is 6.61 Å². The van der Waals surface area contributed by atoms with Crippen LogP contribution in [-0.4, -0.2) is 35.8 Å². The number of rotatable bonds is 6. The number of hydrogen-bond donors (Lipinski definition) is 1. The predicted octanol–water partition coefficient (Wildman–Crippen LogP) is 2.83. The predicted molar refractivity (Wildman–Crippen MR) is 112 cm³/mol. The minimum atomic E-state index is -3.84. The second-order valence-electron chi connectivity index (χ2n) is 7.85. The van der Waals surface area contributed by atoms with Crippen LogP contribution in [0, 0.1) is 5.82 Å². The van der Waals surface area contributed by atoms with E-state index in [1.807, 2.05) is 6.92 Å². The van der Waals surface area contributed by atoms with E-state index in [0.717, 1.165) is 17.4 Å². The Morgan fingerprint density at radius 3 is 2.45 bits per heavy atom. The lowest BCUT2D eigenvalue weighted by atomic mass is 10.2. The summed E-state index contributed by atoms with van der Waals surface area (Å²) in [6.45, 7) is 3.55. The number of carbonyl (C=O) groups is 1. The molecule has 1 aliphatic carbocycles. The van der Waals surface area contributed by atoms with Crippen molar-refractivity contribution in [2.24, 2.45) is 0 Å². The molecular weight excluding hydrogens is 425 g/mol. The second kappa shape index (κ2) is 7.61. The molecule has 31 heavy (non-hydrogen) atoms. The van der Waals surface area contributed by atoms with Crippen molar-refractivity contribution >= 4 is 27.1 Å². The molecule has 1 saturated carbocycles. The Hall–Kier alpha value is -2.98. The monoisotopic (exact) mass is 447 g/mol. The number of nitrogens with zero attached hydrogens (tertiary/aromatic N) is 2. The van der Waals surface area contributed by atoms with Gasteiger partial charge in [-0.05, 0) is 62.6 Å². The molecule has 0 amide bonds. The zero-order chi connectivity index (χ0) is 22.4. The average molecular weight is 447 g/mol. The first-order valence-corrected chi connectivity index (χ1v) is 11.3. The van der Waals surface area contributed by atoms with E-state index < -0.39 is 33.2 Å². The van der Waals surface area contributed by atoms with Gasteiger partial charge in [0.15, 0.2) is 0 Å². The number of imidazole rings is 1. The van der Waals surface area contributed by atoms with Crippen LogP contribution in [0.3, 0.4) is 0 Å². The molecule has 0 saturated heterocycles. The molecule has 1 N–H and O–H groups in total. The lowest BCUT2D eigenvalue weighted by Gasteiger charge is -2.12. The van der Waals surface area contributed by atoms with Gasteiger partial charge in [-0.3, -0.25) is 4.57 Å². The summed E-state index contributed by atoms with van der Waals surface area (Å²) in [5.41, 5.74) is -0.0162. The summed E-state index contributed by atoms with van der Waals surface area (Å²) in [5.74, 6) is -0.406. The Kier molecular flexibility index (Phi) is 5.22. The first-order chi connectivity index (χ1) is 14.6. The average Bonchev–Trinajstić information content (AvgIpc) is 3.36. The van der Waals surface area contributed by atoms with E-state index in [2.05, 4.69) is 4.72 Å². The van der Waals surface area contributed by atoms with E-state index in [1.54, 1.807) is 6.92 Å². The van der Waals surface area contributed by atoms with Crippen LogP contribution < -0.4 is 10.4 Å². The SMILES string of the molecule is CCOC(=O)n1c(=O)n(Cc2ccc(F)cc2)c2ccc(S(=O)(=O)NC3(C)CC3)cc21. The maximum atomic E-state index is 13.2. The van der Waals surface area contributed by atoms with Crippen LogP contribution in [0.4, 0.5) is 9.18 Å². The van der Waals surface area contributed by atoms with Crippen LogP contribution in [0.2, 0.25) is 0 Å². The van der Waals surface area contributed by atoms with E-state index in [9.17, 15) is 22.4 Å². The van der Waals surface area contributed by atoms with Crippen molar-refractivity contribution in [3.63, 3.8) is 0 Å². The van der Waals surface area contributed by atoms with Gasteiger partial charge in [0.25, 0.3) is 0 Å². The highest BCUT2D eigenvalue weighted by atomic mass is 32.2. The number of sulfonamides is 1. The highest BCUT2D eigenvalue weighted by molar-refractivity contribution is 7.89. The number of hydrogen-bond acceptors (Lipinski definition) is 5. The minimum Gasteiger partial charge on any atom is -0.449 e. The molecular formula is C21H22FN3O5S. The van der Waals surface area contributed by atoms with Gasteiger partial charge in [0.2, 0.25) is 10.0 Å². The molecule has 0 spiro atoms. The van der Waals surface area contributed by atoms with Crippen molar-refractivity contribution in [3.05, 3.63) is 64.3 Å². The van der Waals surface area contributed by atoms with Gasteiger partial charge in [-0.25, -0.2) is 27.1 Å². The summed E-state index contributed by atoms with van der Waals surface area (Å²) >= 11 is 0. The molecule has 0 atom stereocenters. The smallest absolute Gasteiger partial charge is 0.422 e. The van der Waals surface area contributed by atoms with Gasteiger partial charge < -0.3 is 4.74 Å². The van der Waals surface area contributed by atoms with Gasteiger partial charge in [-0.2, -0.15) is 4.57 Å². The Bertz CT molecular complexity index is 1320. The van der Waals surface area contributed by atoms with Crippen molar-refractivity contribution in [1.82, 2.24) is 13.9 Å². The maximum Gasteiger partial charge on any atom is 0.422 e. The highest BCUT2D eigenvalue weighted by Crippen LogP contribution is 2.36. The standard InChI is InChI=1S/C21H22FN3O5S/c1-3-30-20(27)25-18-12-16(31(28,29)23-21(2)10-11-21)8-9-17(18)24(19(25)26)13-14-4-6-15(22)7-5-14/h4-9,12,23H,3,10-11,13H2,1-2H3. The fraction of sp³-hybridized carbons (Fsp3) is 0.333. The summed E-state index contributed by atoms with van der Waals surface area (Å²) in [6.07, 6.45) is 0.596. The summed E-state index contributed by atoms with van der Waals surface area (Å²) in [5, 5.41) is 0. The van der Waals surface area contributed by atoms with Crippen LogP contribution in [-0.2, 0) is 21.3 Å². The van der Waals surface area contributed by atoms with Crippen LogP contribution in [0.25, 0.3) is 11.0 Å². The van der Waals surface area contributed by atoms with Crippen LogP contribution in [0.1, 0.15) is 32.3 Å². The summed E-state index contributed by atoms with van der Waals surface area (Å²) < 4.78 is 48.6. The molecule has 0 unspecified atom stereocenters. The van der Waals surface area contributed by atoms with E-state index >= 15 is 0 Å². The van der Waals surface area contributed by atoms with Crippen LogP contribution in [0.15, 0.2) is 52.2 Å². The number of carbonyl (C=O) groups excluding carboxylic acids is 1. The van der Waals surface area contributed by atoms with Crippen molar-refractivity contribution in [1.29, 1.82) is 0 Å². The van der Waals surface area contributed by atoms with Gasteiger partial charge >= 0.3 is 11.8 Å². The summed E-state index contributed by atoms with van der Waals surface area (Å²) in [4.78, 5) is 25.5. The lowest BCUT2D eigenvalue weighted by Crippen LogP contribution is -2.34. The van der Waals surface area contributed by atoms with Crippen molar-refractivity contribution < 1.29 is 22.3 Å². The maximum absolute atomic E-state index is 13.2. The third kappa shape index (κ3) is 4.13. The van der Waals surface area contributed by atoms with Gasteiger partial charge in [0, 0.05) is 5.54 Å². The number of nitrogens with one attached hydrogen (secondary N) is 1. The Balaban J connectivity index is 1.85. The highest BCUT2D eigenvalue weighted by Gasteiger charge is 2.41. The minimum absolute atomic E-state index is 0.0494. The molecule has 1 heterocycles. The molecule has 1 aliphatic rings. The molecule has 0 radical (unpaired) electrons. The van der Waals surface area contributed by atoms with E-state index in [-0.39, 0.29) is 23.6 Å². The lowest BCUT2D eigenvalue weighted by molar-refractivity contribution is 0.154. The third-order valence-electron chi connectivity index (χ3n) is 5.30. The fourth-order valence-electron chi connectivity index (χ4n) is 3.37. The van der Waals surface area contributed by atoms with Crippen LogP contribution >= 0.6 is 0 Å². The van der Waals surface area contributed by atoms with E-state index in [4.69, 9.17) is 4.74 Å². The topological polar surface area (TPSA) is 99.4 Å². The Morgan fingerprint density at radius 2 is 1.84 bits per heavy atom. The van der Waals surface area contributed by atoms with Gasteiger partial charge in [-0.15, -0.1) is 0 Å². The van der Waals surface area contributed by atoms with Gasteiger partial charge in [0.05, 0.1) is 29.1 Å². The van der Waals surface area contributed by atoms with E-state index in [1.165, 1.54) is 47.0 Å². The molecule has 1 aromatic heterocycles. The Labute approximate surface area is 178 Å². The number of fused-ring (bicyclic) bond motifs is 1. The first-order valence-electron chi connectivity index (χ1n) is 9.84. The van der Waals surface area contributed by atoms with E-state index in [0.29, 0.717) is 11.1 Å². The molecule has 8 nitrogen and oxygen atoms in total. The third-order valence-corrected chi connectivity index (χ3v) is 6.93. The van der Waals surface area contributed by atoms with Gasteiger partial charge in [0.1, 0.15) is 5.82 Å². The summed E-state index contributed by atoms with van der Waals surface area (Å²) in [7, 11) is -3.84. The number of aromatic nitrogens is 2. The molecule has 10 heteroatoms. The Morgan fingerprint density at radius 1 is 1.16 bits per heavy atom. The second-order valence-corrected chi connectivity index (χ2v) is 9.53. The normalized spacial score (nSPS) is 15.2. The van der Waals surface area contributed by atoms with Crippen molar-refractivity contribution in [3.8, 4) is 0 Å². The molecule has 0 bridgehead atoms. The van der Waals surface area contributed by atoms with Crippen LogP contribution in [0.5, 0.6) is 0 Å². The number of ether oxygens (including phenoxy) is 1. The largest absolute Gasteiger partial charge is 0.449 e. The zero-order valence-electron chi connectivity index (χ0n) is 17.1. The molecule has 1 fully saturated rings. The molecule has 3 aromatic rings. The van der Waals surface area contributed by atoms with Crippen molar-refractivity contribution in [2.45, 2.75) is 43.7 Å².